The van der Waals surface area contributed by atoms with Gasteiger partial charge in [0, 0.05) is 33.5 Å². The maximum absolute atomic E-state index is 13.6. The Bertz CT molecular complexity index is 665. The molecule has 0 spiro atoms. The van der Waals surface area contributed by atoms with E-state index in [0.717, 1.165) is 15.3 Å². The number of rotatable bonds is 4. The Morgan fingerprint density at radius 3 is 2.55 bits per heavy atom. The average Bonchev–Trinajstić information content (AvgIpc) is 2.39. The molecule has 0 heterocycles. The van der Waals surface area contributed by atoms with Crippen molar-refractivity contribution in [2.45, 2.75) is 6.54 Å². The molecule has 20 heavy (non-hydrogen) atoms. The summed E-state index contributed by atoms with van der Waals surface area (Å²) in [5.41, 5.74) is 0.0863. The van der Waals surface area contributed by atoms with E-state index >= 15 is 0 Å². The quantitative estimate of drug-likeness (QED) is 0.486. The molecule has 0 saturated heterocycles. The molecule has 0 aliphatic rings. The van der Waals surface area contributed by atoms with E-state index in [2.05, 4.69) is 27.9 Å². The van der Waals surface area contributed by atoms with Crippen molar-refractivity contribution in [2.75, 3.05) is 5.32 Å². The van der Waals surface area contributed by atoms with Crippen molar-refractivity contribution < 1.29 is 13.7 Å². The third-order valence-corrected chi connectivity index (χ3v) is 3.60. The van der Waals surface area contributed by atoms with Crippen LogP contribution in [-0.2, 0) is 6.54 Å². The highest BCUT2D eigenvalue weighted by Gasteiger charge is 2.18. The fraction of sp³-hybridized carbons (Fsp3) is 0.0769. The number of nitrogens with zero attached hydrogens (tertiary/aromatic N) is 1. The molecule has 1 N–H and O–H groups in total. The van der Waals surface area contributed by atoms with Gasteiger partial charge in [-0.1, -0.05) is 12.1 Å². The number of nitrogens with one attached hydrogen (secondary N) is 1. The van der Waals surface area contributed by atoms with Gasteiger partial charge >= 0.3 is 5.69 Å². The molecule has 104 valence electrons. The smallest absolute Gasteiger partial charge is 0.305 e. The molecule has 0 aliphatic heterocycles. The third-order valence-electron chi connectivity index (χ3n) is 2.66. The van der Waals surface area contributed by atoms with Crippen molar-refractivity contribution >= 4 is 34.0 Å². The first-order valence-corrected chi connectivity index (χ1v) is 6.67. The Hall–Kier alpha value is -1.77. The van der Waals surface area contributed by atoms with E-state index in [4.69, 9.17) is 0 Å². The van der Waals surface area contributed by atoms with Crippen LogP contribution in [0.2, 0.25) is 0 Å². The summed E-state index contributed by atoms with van der Waals surface area (Å²) in [5.74, 6) is -1.99. The highest BCUT2D eigenvalue weighted by Crippen LogP contribution is 2.23. The van der Waals surface area contributed by atoms with Crippen LogP contribution >= 0.6 is 22.6 Å². The van der Waals surface area contributed by atoms with Gasteiger partial charge in [0.05, 0.1) is 4.92 Å². The van der Waals surface area contributed by atoms with E-state index in [1.54, 1.807) is 6.07 Å². The van der Waals surface area contributed by atoms with Crippen molar-refractivity contribution in [3.8, 4) is 0 Å². The maximum Gasteiger partial charge on any atom is 0.305 e. The SMILES string of the molecule is O=[N+]([O-])c1cc(CNc2ccccc2I)c(F)cc1F. The van der Waals surface area contributed by atoms with Crippen LogP contribution in [0.25, 0.3) is 0 Å². The lowest BCUT2D eigenvalue weighted by atomic mass is 10.1. The Morgan fingerprint density at radius 2 is 1.90 bits per heavy atom. The zero-order chi connectivity index (χ0) is 14.7. The van der Waals surface area contributed by atoms with Crippen LogP contribution in [-0.4, -0.2) is 4.92 Å². The van der Waals surface area contributed by atoms with Crippen molar-refractivity contribution in [1.82, 2.24) is 0 Å². The lowest BCUT2D eigenvalue weighted by Gasteiger charge is -2.09. The molecular formula is C13H9F2IN2O2. The minimum atomic E-state index is -1.18. The van der Waals surface area contributed by atoms with Crippen LogP contribution in [0.4, 0.5) is 20.2 Å². The summed E-state index contributed by atoms with van der Waals surface area (Å²) in [4.78, 5) is 9.76. The third kappa shape index (κ3) is 3.21. The van der Waals surface area contributed by atoms with E-state index in [9.17, 15) is 18.9 Å². The molecule has 2 aromatic carbocycles. The number of anilines is 1. The zero-order valence-electron chi connectivity index (χ0n) is 10.1. The molecular weight excluding hydrogens is 381 g/mol. The molecule has 0 aliphatic carbocycles. The largest absolute Gasteiger partial charge is 0.380 e. The van der Waals surface area contributed by atoms with Crippen molar-refractivity contribution in [3.05, 3.63) is 67.3 Å². The van der Waals surface area contributed by atoms with Crippen LogP contribution in [0.1, 0.15) is 5.56 Å². The maximum atomic E-state index is 13.6. The van der Waals surface area contributed by atoms with Crippen molar-refractivity contribution in [1.29, 1.82) is 0 Å². The van der Waals surface area contributed by atoms with Crippen LogP contribution in [0, 0.1) is 25.3 Å². The summed E-state index contributed by atoms with van der Waals surface area (Å²) >= 11 is 2.11. The van der Waals surface area contributed by atoms with Gasteiger partial charge in [-0.3, -0.25) is 10.1 Å². The Morgan fingerprint density at radius 1 is 1.20 bits per heavy atom. The van der Waals surface area contributed by atoms with Crippen LogP contribution < -0.4 is 5.32 Å². The number of nitro benzene ring substituents is 1. The van der Waals surface area contributed by atoms with Crippen molar-refractivity contribution in [3.63, 3.8) is 0 Å². The van der Waals surface area contributed by atoms with Gasteiger partial charge < -0.3 is 5.32 Å². The number of benzene rings is 2. The van der Waals surface area contributed by atoms with Gasteiger partial charge in [-0.25, -0.2) is 4.39 Å². The fourth-order valence-corrected chi connectivity index (χ4v) is 2.23. The first-order chi connectivity index (χ1) is 9.49. The molecule has 4 nitrogen and oxygen atoms in total. The van der Waals surface area contributed by atoms with E-state index in [1.807, 2.05) is 18.2 Å². The number of nitro groups is 1. The van der Waals surface area contributed by atoms with Crippen LogP contribution in [0.15, 0.2) is 36.4 Å². The minimum absolute atomic E-state index is 0.0347. The molecule has 0 fully saturated rings. The second-order valence-electron chi connectivity index (χ2n) is 3.99. The normalized spacial score (nSPS) is 10.3. The number of halogens is 3. The van der Waals surface area contributed by atoms with Crippen LogP contribution in [0.3, 0.4) is 0 Å². The van der Waals surface area contributed by atoms with Gasteiger partial charge in [0.15, 0.2) is 0 Å². The summed E-state index contributed by atoms with van der Waals surface area (Å²) in [7, 11) is 0. The second kappa shape index (κ2) is 6.12. The number of para-hydroxylation sites is 1. The van der Waals surface area contributed by atoms with Gasteiger partial charge in [0.2, 0.25) is 5.82 Å². The molecule has 0 saturated carbocycles. The van der Waals surface area contributed by atoms with E-state index < -0.39 is 22.2 Å². The Labute approximate surface area is 127 Å². The number of hydrogen-bond acceptors (Lipinski definition) is 3. The fourth-order valence-electron chi connectivity index (χ4n) is 1.65. The first kappa shape index (κ1) is 14.6. The highest BCUT2D eigenvalue weighted by molar-refractivity contribution is 14.1. The molecule has 0 atom stereocenters. The lowest BCUT2D eigenvalue weighted by Crippen LogP contribution is -2.05. The molecule has 2 aromatic rings. The average molecular weight is 390 g/mol. The van der Waals surface area contributed by atoms with E-state index in [1.165, 1.54) is 0 Å². The predicted octanol–water partition coefficient (Wildman–Crippen LogP) is 4.09. The Balaban J connectivity index is 2.24. The van der Waals surface area contributed by atoms with Gasteiger partial charge in [0.25, 0.3) is 0 Å². The van der Waals surface area contributed by atoms with Gasteiger partial charge in [-0.15, -0.1) is 0 Å². The van der Waals surface area contributed by atoms with E-state index in [0.29, 0.717) is 6.07 Å². The zero-order valence-corrected chi connectivity index (χ0v) is 12.2. The molecule has 2 rings (SSSR count). The summed E-state index contributed by atoms with van der Waals surface area (Å²) in [6.07, 6.45) is 0. The molecule has 0 aromatic heterocycles. The van der Waals surface area contributed by atoms with Gasteiger partial charge in [-0.05, 0) is 34.7 Å². The molecule has 0 unspecified atom stereocenters. The van der Waals surface area contributed by atoms with E-state index in [-0.39, 0.29) is 12.1 Å². The lowest BCUT2D eigenvalue weighted by molar-refractivity contribution is -0.387. The molecule has 0 radical (unpaired) electrons. The minimum Gasteiger partial charge on any atom is -0.380 e. The Kier molecular flexibility index (Phi) is 4.48. The summed E-state index contributed by atoms with van der Waals surface area (Å²) in [6, 6.07) is 8.78. The first-order valence-electron chi connectivity index (χ1n) is 5.59. The summed E-state index contributed by atoms with van der Waals surface area (Å²) in [5, 5.41) is 13.6. The highest BCUT2D eigenvalue weighted by atomic mass is 127. The van der Waals surface area contributed by atoms with Crippen molar-refractivity contribution in [2.24, 2.45) is 0 Å². The van der Waals surface area contributed by atoms with Gasteiger partial charge in [0.1, 0.15) is 5.82 Å². The molecule has 0 amide bonds. The van der Waals surface area contributed by atoms with Gasteiger partial charge in [-0.2, -0.15) is 4.39 Å². The monoisotopic (exact) mass is 390 g/mol. The topological polar surface area (TPSA) is 55.2 Å². The van der Waals surface area contributed by atoms with Crippen LogP contribution in [0.5, 0.6) is 0 Å². The summed E-state index contributed by atoms with van der Waals surface area (Å²) < 4.78 is 27.7. The molecule has 0 bridgehead atoms. The molecule has 7 heteroatoms. The summed E-state index contributed by atoms with van der Waals surface area (Å²) in [6.45, 7) is 0.0347. The predicted molar refractivity (Wildman–Crippen MR) is 79.5 cm³/mol. The second-order valence-corrected chi connectivity index (χ2v) is 5.15. The number of hydrogen-bond donors (Lipinski definition) is 1. The standard InChI is InChI=1S/C13H9F2IN2O2/c14-9-6-10(15)13(18(19)20)5-8(9)7-17-12-4-2-1-3-11(12)16/h1-6,17H,7H2.